The van der Waals surface area contributed by atoms with Crippen LogP contribution in [-0.4, -0.2) is 24.9 Å². The third-order valence-corrected chi connectivity index (χ3v) is 5.16. The van der Waals surface area contributed by atoms with Gasteiger partial charge < -0.3 is 9.88 Å². The first-order valence-corrected chi connectivity index (χ1v) is 9.13. The minimum atomic E-state index is -3.68. The summed E-state index contributed by atoms with van der Waals surface area (Å²) in [7, 11) is -2.08. The molecule has 1 amide bonds. The molecule has 0 saturated carbocycles. The summed E-state index contributed by atoms with van der Waals surface area (Å²) in [5, 5.41) is 11.7. The minimum absolute atomic E-state index is 0.0236. The van der Waals surface area contributed by atoms with Crippen molar-refractivity contribution in [2.45, 2.75) is 31.7 Å². The number of sulfonamides is 1. The van der Waals surface area contributed by atoms with Crippen LogP contribution in [0.15, 0.2) is 35.4 Å². The molecule has 7 nitrogen and oxygen atoms in total. The first kappa shape index (κ1) is 18.7. The Morgan fingerprint density at radius 3 is 2.56 bits per heavy atom. The number of aromatic nitrogens is 1. The van der Waals surface area contributed by atoms with Crippen LogP contribution in [0.1, 0.15) is 35.5 Å². The normalized spacial score (nSPS) is 11.4. The molecule has 2 rings (SSSR count). The van der Waals surface area contributed by atoms with Gasteiger partial charge in [0.15, 0.2) is 0 Å². The summed E-state index contributed by atoms with van der Waals surface area (Å²) in [6.07, 6.45) is 1.38. The molecule has 1 aromatic heterocycles. The van der Waals surface area contributed by atoms with E-state index < -0.39 is 15.9 Å². The van der Waals surface area contributed by atoms with Gasteiger partial charge in [0.25, 0.3) is 5.91 Å². The van der Waals surface area contributed by atoms with E-state index in [0.29, 0.717) is 11.3 Å². The summed E-state index contributed by atoms with van der Waals surface area (Å²) < 4.78 is 28.4. The van der Waals surface area contributed by atoms with E-state index in [0.717, 1.165) is 5.56 Å². The van der Waals surface area contributed by atoms with Crippen LogP contribution in [0.4, 0.5) is 5.69 Å². The Morgan fingerprint density at radius 1 is 1.28 bits per heavy atom. The van der Waals surface area contributed by atoms with E-state index in [1.54, 1.807) is 46.0 Å². The zero-order chi connectivity index (χ0) is 18.8. The van der Waals surface area contributed by atoms with Crippen molar-refractivity contribution in [3.63, 3.8) is 0 Å². The quantitative estimate of drug-likeness (QED) is 0.852. The van der Waals surface area contributed by atoms with Gasteiger partial charge in [-0.15, -0.1) is 0 Å². The van der Waals surface area contributed by atoms with Crippen LogP contribution in [0.25, 0.3) is 0 Å². The monoisotopic (exact) mass is 360 g/mol. The predicted molar refractivity (Wildman–Crippen MR) is 94.7 cm³/mol. The number of aryl methyl sites for hydroxylation is 2. The highest BCUT2D eigenvalue weighted by molar-refractivity contribution is 7.89. The maximum atomic E-state index is 12.5. The molecular formula is C17H20N4O3S. The Bertz CT molecular complexity index is 953. The van der Waals surface area contributed by atoms with Gasteiger partial charge in [-0.05, 0) is 44.5 Å². The van der Waals surface area contributed by atoms with Gasteiger partial charge in [-0.1, -0.05) is 6.07 Å². The zero-order valence-corrected chi connectivity index (χ0v) is 15.3. The highest BCUT2D eigenvalue weighted by atomic mass is 32.2. The number of rotatable bonds is 5. The third kappa shape index (κ3) is 4.26. The van der Waals surface area contributed by atoms with Crippen molar-refractivity contribution in [3.05, 3.63) is 47.3 Å². The molecule has 8 heteroatoms. The van der Waals surface area contributed by atoms with Crippen molar-refractivity contribution in [3.8, 4) is 6.07 Å². The van der Waals surface area contributed by atoms with Crippen LogP contribution in [0.5, 0.6) is 0 Å². The minimum Gasteiger partial charge on any atom is -0.345 e. The Hall–Kier alpha value is -2.63. The largest absolute Gasteiger partial charge is 0.345 e. The molecule has 0 radical (unpaired) electrons. The lowest BCUT2D eigenvalue weighted by Gasteiger charge is -2.07. The smallest absolute Gasteiger partial charge is 0.272 e. The second kappa shape index (κ2) is 7.09. The second-order valence-corrected chi connectivity index (χ2v) is 7.76. The number of anilines is 1. The van der Waals surface area contributed by atoms with Crippen LogP contribution in [0.2, 0.25) is 0 Å². The molecule has 132 valence electrons. The summed E-state index contributed by atoms with van der Waals surface area (Å²) in [4.78, 5) is 12.5. The highest BCUT2D eigenvalue weighted by Gasteiger charge is 2.21. The number of benzene rings is 1. The molecule has 2 aromatic rings. The number of hydrogen-bond acceptors (Lipinski definition) is 4. The molecular weight excluding hydrogens is 340 g/mol. The van der Waals surface area contributed by atoms with Crippen LogP contribution < -0.4 is 10.0 Å². The van der Waals surface area contributed by atoms with E-state index in [1.165, 1.54) is 16.8 Å². The number of nitrogens with one attached hydrogen (secondary N) is 2. The first-order valence-electron chi connectivity index (χ1n) is 7.65. The van der Waals surface area contributed by atoms with Gasteiger partial charge in [0.1, 0.15) is 10.6 Å². The number of carbonyl (C=O) groups excluding carboxylic acids is 1. The molecule has 0 atom stereocenters. The number of hydrogen-bond donors (Lipinski definition) is 2. The van der Waals surface area contributed by atoms with Crippen LogP contribution in [0, 0.1) is 18.3 Å². The summed E-state index contributed by atoms with van der Waals surface area (Å²) in [6.45, 7) is 5.25. The van der Waals surface area contributed by atoms with Crippen LogP contribution in [0.3, 0.4) is 0 Å². The molecule has 0 spiro atoms. The molecule has 0 aliphatic rings. The van der Waals surface area contributed by atoms with E-state index in [2.05, 4.69) is 16.1 Å². The predicted octanol–water partition coefficient (Wildman–Crippen LogP) is 2.14. The average molecular weight is 360 g/mol. The van der Waals surface area contributed by atoms with E-state index in [-0.39, 0.29) is 16.6 Å². The molecule has 2 N–H and O–H groups in total. The maximum Gasteiger partial charge on any atom is 0.272 e. The molecule has 0 aliphatic heterocycles. The summed E-state index contributed by atoms with van der Waals surface area (Å²) in [6, 6.07) is 8.13. The maximum absolute atomic E-state index is 12.5. The Balaban J connectivity index is 2.28. The number of amides is 1. The topological polar surface area (TPSA) is 104 Å². The fraction of sp³-hybridized carbons (Fsp3) is 0.294. The van der Waals surface area contributed by atoms with E-state index in [4.69, 9.17) is 5.26 Å². The lowest BCUT2D eigenvalue weighted by Crippen LogP contribution is -2.29. The summed E-state index contributed by atoms with van der Waals surface area (Å²) in [5.41, 5.74) is 1.95. The molecule has 0 saturated heterocycles. The van der Waals surface area contributed by atoms with Gasteiger partial charge in [0, 0.05) is 25.0 Å². The number of nitriles is 1. The lowest BCUT2D eigenvalue weighted by atomic mass is 10.1. The van der Waals surface area contributed by atoms with Gasteiger partial charge in [0.2, 0.25) is 10.0 Å². The molecule has 0 unspecified atom stereocenters. The molecule has 25 heavy (non-hydrogen) atoms. The van der Waals surface area contributed by atoms with Gasteiger partial charge in [-0.2, -0.15) is 5.26 Å². The van der Waals surface area contributed by atoms with Gasteiger partial charge in [-0.25, -0.2) is 13.1 Å². The molecule has 0 fully saturated rings. The van der Waals surface area contributed by atoms with E-state index >= 15 is 0 Å². The average Bonchev–Trinajstić information content (AvgIpc) is 2.91. The fourth-order valence-electron chi connectivity index (χ4n) is 2.30. The zero-order valence-electron chi connectivity index (χ0n) is 14.5. The van der Waals surface area contributed by atoms with Gasteiger partial charge >= 0.3 is 0 Å². The van der Waals surface area contributed by atoms with Crippen molar-refractivity contribution < 1.29 is 13.2 Å². The van der Waals surface area contributed by atoms with Gasteiger partial charge in [0.05, 0.1) is 11.6 Å². The fourth-order valence-corrected chi connectivity index (χ4v) is 3.62. The van der Waals surface area contributed by atoms with E-state index in [1.807, 2.05) is 0 Å². The number of carbonyl (C=O) groups is 1. The third-order valence-electron chi connectivity index (χ3n) is 3.53. The molecule has 0 aliphatic carbocycles. The molecule has 0 bridgehead atoms. The van der Waals surface area contributed by atoms with Crippen LogP contribution >= 0.6 is 0 Å². The van der Waals surface area contributed by atoms with Crippen molar-refractivity contribution >= 4 is 21.6 Å². The standard InChI is InChI=1S/C17H20N4O3S/c1-11(2)20-25(23,24)15-8-16(21(4)10-15)17(22)19-14-6-5-12(3)13(7-14)9-18/h5-8,10-11,20H,1-4H3,(H,19,22). The van der Waals surface area contributed by atoms with E-state index in [9.17, 15) is 13.2 Å². The van der Waals surface area contributed by atoms with Gasteiger partial charge in [-0.3, -0.25) is 4.79 Å². The highest BCUT2D eigenvalue weighted by Crippen LogP contribution is 2.18. The molecule has 1 aromatic carbocycles. The Morgan fingerprint density at radius 2 is 1.96 bits per heavy atom. The van der Waals surface area contributed by atoms with Crippen molar-refractivity contribution in [2.75, 3.05) is 5.32 Å². The Kier molecular flexibility index (Phi) is 5.30. The second-order valence-electron chi connectivity index (χ2n) is 6.04. The molecule has 1 heterocycles. The number of nitrogens with zero attached hydrogens (tertiary/aromatic N) is 2. The Labute approximate surface area is 147 Å². The lowest BCUT2D eigenvalue weighted by molar-refractivity contribution is 0.101. The van der Waals surface area contributed by atoms with Crippen molar-refractivity contribution in [1.82, 2.24) is 9.29 Å². The SMILES string of the molecule is Cc1ccc(NC(=O)c2cc(S(=O)(=O)NC(C)C)cn2C)cc1C#N. The summed E-state index contributed by atoms with van der Waals surface area (Å²) in [5.74, 6) is -0.457. The van der Waals surface area contributed by atoms with Crippen molar-refractivity contribution in [1.29, 1.82) is 5.26 Å². The van der Waals surface area contributed by atoms with Crippen LogP contribution in [-0.2, 0) is 17.1 Å². The van der Waals surface area contributed by atoms with Crippen molar-refractivity contribution in [2.24, 2.45) is 7.05 Å². The first-order chi connectivity index (χ1) is 11.6. The summed E-state index contributed by atoms with van der Waals surface area (Å²) >= 11 is 0.